The zero-order valence-corrected chi connectivity index (χ0v) is 8.37. The van der Waals surface area contributed by atoms with Crippen LogP contribution in [0.3, 0.4) is 0 Å². The first kappa shape index (κ1) is 12.7. The Bertz CT molecular complexity index is 198. The van der Waals surface area contributed by atoms with Gasteiger partial charge in [-0.05, 0) is 25.8 Å². The van der Waals surface area contributed by atoms with Gasteiger partial charge in [0.05, 0.1) is 6.10 Å². The number of nitrogens with zero attached hydrogens (tertiary/aromatic N) is 1. The van der Waals surface area contributed by atoms with Gasteiger partial charge in [0.1, 0.15) is 0 Å². The molecular weight excluding hydrogens is 211 g/mol. The van der Waals surface area contributed by atoms with E-state index in [0.29, 0.717) is 32.4 Å². The minimum absolute atomic E-state index is 0.393. The van der Waals surface area contributed by atoms with Gasteiger partial charge in [-0.2, -0.15) is 13.2 Å². The highest BCUT2D eigenvalue weighted by Gasteiger charge is 2.39. The molecule has 1 heterocycles. The van der Waals surface area contributed by atoms with Gasteiger partial charge in [0.25, 0.3) is 0 Å². The molecule has 0 saturated carbocycles. The average Bonchev–Trinajstić information content (AvgIpc) is 2.29. The van der Waals surface area contributed by atoms with Gasteiger partial charge in [-0.3, -0.25) is 0 Å². The number of likely N-dealkylation sites (tertiary alicyclic amines) is 1. The van der Waals surface area contributed by atoms with E-state index in [9.17, 15) is 18.3 Å². The van der Waals surface area contributed by atoms with Crippen LogP contribution in [0.1, 0.15) is 19.3 Å². The molecule has 15 heavy (non-hydrogen) atoms. The number of halogens is 3. The van der Waals surface area contributed by atoms with Gasteiger partial charge < -0.3 is 15.1 Å². The van der Waals surface area contributed by atoms with Gasteiger partial charge in [0.2, 0.25) is 0 Å². The van der Waals surface area contributed by atoms with Gasteiger partial charge >= 0.3 is 6.18 Å². The van der Waals surface area contributed by atoms with Crippen LogP contribution in [-0.2, 0) is 0 Å². The molecule has 1 fully saturated rings. The molecule has 1 aliphatic rings. The maximum atomic E-state index is 12.1. The number of rotatable bonds is 2. The molecule has 2 atom stereocenters. The number of β-amino-alcohol motifs (C(OH)–C–C–N with tert-alkyl or cyclic N) is 1. The lowest BCUT2D eigenvalue weighted by Gasteiger charge is -2.24. The number of aliphatic hydroxyl groups excluding tert-OH is 2. The Morgan fingerprint density at radius 1 is 1.27 bits per heavy atom. The Balaban J connectivity index is 2.38. The molecule has 1 aliphatic heterocycles. The van der Waals surface area contributed by atoms with E-state index in [-0.39, 0.29) is 0 Å². The Hall–Kier alpha value is -0.330. The molecule has 2 N–H and O–H groups in total. The van der Waals surface area contributed by atoms with Crippen LogP contribution >= 0.6 is 0 Å². The summed E-state index contributed by atoms with van der Waals surface area (Å²) >= 11 is 0. The van der Waals surface area contributed by atoms with Crippen molar-refractivity contribution in [3.8, 4) is 0 Å². The molecule has 90 valence electrons. The second-order valence-corrected chi connectivity index (χ2v) is 3.94. The number of aliphatic hydroxyl groups is 2. The molecule has 1 rings (SSSR count). The molecule has 0 bridgehead atoms. The molecule has 0 aliphatic carbocycles. The Morgan fingerprint density at radius 3 is 2.53 bits per heavy atom. The fourth-order valence-electron chi connectivity index (χ4n) is 1.67. The van der Waals surface area contributed by atoms with Crippen LogP contribution < -0.4 is 0 Å². The lowest BCUT2D eigenvalue weighted by molar-refractivity contribution is -0.208. The Morgan fingerprint density at radius 2 is 1.93 bits per heavy atom. The lowest BCUT2D eigenvalue weighted by Crippen LogP contribution is -2.41. The largest absolute Gasteiger partial charge is 0.415 e. The molecule has 0 radical (unpaired) electrons. The molecular formula is C9H16F3NO2. The molecule has 2 unspecified atom stereocenters. The van der Waals surface area contributed by atoms with Crippen molar-refractivity contribution in [1.82, 2.24) is 4.90 Å². The van der Waals surface area contributed by atoms with Crippen molar-refractivity contribution >= 4 is 0 Å². The summed E-state index contributed by atoms with van der Waals surface area (Å²) in [5, 5.41) is 18.2. The van der Waals surface area contributed by atoms with E-state index in [1.54, 1.807) is 4.90 Å². The summed E-state index contributed by atoms with van der Waals surface area (Å²) in [5.74, 6) is 0. The van der Waals surface area contributed by atoms with Crippen molar-refractivity contribution in [1.29, 1.82) is 0 Å². The quantitative estimate of drug-likeness (QED) is 0.732. The van der Waals surface area contributed by atoms with Crippen molar-refractivity contribution in [2.45, 2.75) is 37.6 Å². The van der Waals surface area contributed by atoms with Gasteiger partial charge in [0.15, 0.2) is 6.10 Å². The first-order valence-corrected chi connectivity index (χ1v) is 5.05. The van der Waals surface area contributed by atoms with Gasteiger partial charge in [-0.25, -0.2) is 0 Å². The zero-order valence-electron chi connectivity index (χ0n) is 8.37. The summed E-state index contributed by atoms with van der Waals surface area (Å²) in [6.07, 6.45) is -5.48. The summed E-state index contributed by atoms with van der Waals surface area (Å²) in [7, 11) is 0. The monoisotopic (exact) mass is 227 g/mol. The van der Waals surface area contributed by atoms with Crippen LogP contribution in [0.25, 0.3) is 0 Å². The molecule has 6 heteroatoms. The van der Waals surface area contributed by atoms with Crippen LogP contribution in [0.4, 0.5) is 13.2 Å². The summed E-state index contributed by atoms with van der Waals surface area (Å²) in [5.41, 5.74) is 0. The highest BCUT2D eigenvalue weighted by molar-refractivity contribution is 4.74. The molecule has 0 aromatic heterocycles. The van der Waals surface area contributed by atoms with Crippen molar-refractivity contribution in [3.63, 3.8) is 0 Å². The Labute approximate surface area is 86.5 Å². The molecule has 0 amide bonds. The van der Waals surface area contributed by atoms with Crippen molar-refractivity contribution < 1.29 is 23.4 Å². The van der Waals surface area contributed by atoms with Gasteiger partial charge in [-0.15, -0.1) is 0 Å². The van der Waals surface area contributed by atoms with Crippen LogP contribution in [0, 0.1) is 0 Å². The standard InChI is InChI=1S/C9H16F3NO2/c10-9(11,12)8(15)6-13-4-1-2-7(14)3-5-13/h7-8,14-15H,1-6H2. The van der Waals surface area contributed by atoms with Crippen molar-refractivity contribution in [3.05, 3.63) is 0 Å². The maximum absolute atomic E-state index is 12.1. The second-order valence-electron chi connectivity index (χ2n) is 3.94. The first-order valence-electron chi connectivity index (χ1n) is 5.05. The van der Waals surface area contributed by atoms with E-state index >= 15 is 0 Å². The summed E-state index contributed by atoms with van der Waals surface area (Å²) in [4.78, 5) is 1.55. The van der Waals surface area contributed by atoms with Crippen molar-refractivity contribution in [2.24, 2.45) is 0 Å². The number of alkyl halides is 3. The van der Waals surface area contributed by atoms with Gasteiger partial charge in [0, 0.05) is 13.1 Å². The summed E-state index contributed by atoms with van der Waals surface area (Å²) < 4.78 is 36.2. The molecule has 0 spiro atoms. The number of hydrogen-bond acceptors (Lipinski definition) is 3. The lowest BCUT2D eigenvalue weighted by atomic mass is 10.2. The normalized spacial score (nSPS) is 27.4. The van der Waals surface area contributed by atoms with E-state index in [4.69, 9.17) is 5.11 Å². The third-order valence-electron chi connectivity index (χ3n) is 2.60. The third kappa shape index (κ3) is 4.36. The van der Waals surface area contributed by atoms with E-state index in [2.05, 4.69) is 0 Å². The van der Waals surface area contributed by atoms with E-state index in [0.717, 1.165) is 0 Å². The average molecular weight is 227 g/mol. The molecule has 1 saturated heterocycles. The topological polar surface area (TPSA) is 43.7 Å². The van der Waals surface area contributed by atoms with E-state index < -0.39 is 24.9 Å². The van der Waals surface area contributed by atoms with E-state index in [1.807, 2.05) is 0 Å². The SMILES string of the molecule is OC1CCCN(CC(O)C(F)(F)F)CC1. The minimum atomic E-state index is -4.55. The second kappa shape index (κ2) is 5.14. The highest BCUT2D eigenvalue weighted by atomic mass is 19.4. The van der Waals surface area contributed by atoms with Crippen LogP contribution in [0.5, 0.6) is 0 Å². The molecule has 3 nitrogen and oxygen atoms in total. The van der Waals surface area contributed by atoms with Gasteiger partial charge in [-0.1, -0.05) is 0 Å². The highest BCUT2D eigenvalue weighted by Crippen LogP contribution is 2.21. The third-order valence-corrected chi connectivity index (χ3v) is 2.60. The van der Waals surface area contributed by atoms with Crippen molar-refractivity contribution in [2.75, 3.05) is 19.6 Å². The predicted octanol–water partition coefficient (Wildman–Crippen LogP) is 0.756. The summed E-state index contributed by atoms with van der Waals surface area (Å²) in [6, 6.07) is 0. The first-order chi connectivity index (χ1) is 6.89. The zero-order chi connectivity index (χ0) is 11.5. The summed E-state index contributed by atoms with van der Waals surface area (Å²) in [6.45, 7) is 0.523. The molecule has 0 aromatic carbocycles. The predicted molar refractivity (Wildman–Crippen MR) is 48.4 cm³/mol. The maximum Gasteiger partial charge on any atom is 0.415 e. The Kier molecular flexibility index (Phi) is 4.36. The van der Waals surface area contributed by atoms with Crippen LogP contribution in [0.2, 0.25) is 0 Å². The fraction of sp³-hybridized carbons (Fsp3) is 1.00. The van der Waals surface area contributed by atoms with Crippen LogP contribution in [-0.4, -0.2) is 53.1 Å². The van der Waals surface area contributed by atoms with E-state index in [1.165, 1.54) is 0 Å². The minimum Gasteiger partial charge on any atom is -0.393 e. The van der Waals surface area contributed by atoms with Crippen LogP contribution in [0.15, 0.2) is 0 Å². The number of hydrogen-bond donors (Lipinski definition) is 2. The molecule has 0 aromatic rings. The smallest absolute Gasteiger partial charge is 0.393 e. The fourth-order valence-corrected chi connectivity index (χ4v) is 1.67.